The number of carbonyl (C=O) groups excluding carboxylic acids is 1. The lowest BCUT2D eigenvalue weighted by atomic mass is 9.90. The Hall–Kier alpha value is -2.59. The minimum Gasteiger partial charge on any atom is -0.435 e. The fourth-order valence-electron chi connectivity index (χ4n) is 4.11. The number of piperazine rings is 1. The highest BCUT2D eigenvalue weighted by Gasteiger charge is 2.52. The largest absolute Gasteiger partial charge is 0.435 e. The molecule has 2 aliphatic heterocycles. The van der Waals surface area contributed by atoms with Crippen molar-refractivity contribution in [3.8, 4) is 5.75 Å². The van der Waals surface area contributed by atoms with Gasteiger partial charge in [-0.3, -0.25) is 9.78 Å². The number of rotatable bonds is 4. The Kier molecular flexibility index (Phi) is 4.58. The molecule has 0 spiro atoms. The molecule has 1 aromatic heterocycles. The smallest absolute Gasteiger partial charge is 0.387 e. The molecule has 1 aromatic carbocycles. The number of fused-ring (bicyclic) bond motifs is 3. The molecule has 0 saturated carbocycles. The molecular weight excluding hydrogens is 404 g/mol. The molecule has 1 saturated heterocycles. The summed E-state index contributed by atoms with van der Waals surface area (Å²) < 4.78 is 56.9. The summed E-state index contributed by atoms with van der Waals surface area (Å²) in [5.41, 5.74) is 1.03. The van der Waals surface area contributed by atoms with Crippen LogP contribution in [0.3, 0.4) is 0 Å². The number of halogens is 2. The summed E-state index contributed by atoms with van der Waals surface area (Å²) in [5, 5.41) is 0. The molecule has 3 heterocycles. The van der Waals surface area contributed by atoms with Crippen LogP contribution in [-0.4, -0.2) is 54.8 Å². The van der Waals surface area contributed by atoms with E-state index in [-0.39, 0.29) is 36.2 Å². The average Bonchev–Trinajstić information content (AvgIpc) is 2.89. The third-order valence-corrected chi connectivity index (χ3v) is 7.34. The first-order valence-electron chi connectivity index (χ1n) is 8.98. The third-order valence-electron chi connectivity index (χ3n) is 5.50. The van der Waals surface area contributed by atoms with Crippen molar-refractivity contribution in [1.82, 2.24) is 14.2 Å². The van der Waals surface area contributed by atoms with Gasteiger partial charge < -0.3 is 9.64 Å². The lowest BCUT2D eigenvalue weighted by Crippen LogP contribution is -2.58. The van der Waals surface area contributed by atoms with Crippen molar-refractivity contribution in [3.05, 3.63) is 53.3 Å². The molecular formula is C19H19F2N3O4S. The van der Waals surface area contributed by atoms with E-state index in [1.165, 1.54) is 22.5 Å². The molecule has 2 aromatic rings. The van der Waals surface area contributed by atoms with Crippen molar-refractivity contribution < 1.29 is 26.7 Å². The van der Waals surface area contributed by atoms with Crippen LogP contribution in [0.15, 0.2) is 41.4 Å². The summed E-state index contributed by atoms with van der Waals surface area (Å²) in [7, 11) is -3.97. The Balaban J connectivity index is 1.69. The second-order valence-corrected chi connectivity index (χ2v) is 9.18. The van der Waals surface area contributed by atoms with Crippen LogP contribution < -0.4 is 4.74 Å². The number of pyridine rings is 1. The van der Waals surface area contributed by atoms with E-state index in [1.807, 2.05) is 6.92 Å². The van der Waals surface area contributed by atoms with Crippen LogP contribution >= 0.6 is 0 Å². The Morgan fingerprint density at radius 2 is 2.00 bits per heavy atom. The molecule has 29 heavy (non-hydrogen) atoms. The van der Waals surface area contributed by atoms with Gasteiger partial charge in [0.1, 0.15) is 5.75 Å². The molecule has 7 nitrogen and oxygen atoms in total. The summed E-state index contributed by atoms with van der Waals surface area (Å²) in [6.45, 7) is 0.904. The molecule has 1 unspecified atom stereocenters. The first-order valence-corrected chi connectivity index (χ1v) is 10.4. The van der Waals surface area contributed by atoms with Gasteiger partial charge in [0.2, 0.25) is 10.0 Å². The van der Waals surface area contributed by atoms with Gasteiger partial charge in [0.05, 0.1) is 21.7 Å². The van der Waals surface area contributed by atoms with Crippen LogP contribution in [0.5, 0.6) is 5.75 Å². The second-order valence-electron chi connectivity index (χ2n) is 7.24. The number of sulfonamides is 1. The van der Waals surface area contributed by atoms with Crippen molar-refractivity contribution in [3.63, 3.8) is 0 Å². The zero-order chi connectivity index (χ0) is 21.0. The molecule has 4 rings (SSSR count). The number of benzene rings is 1. The quantitative estimate of drug-likeness (QED) is 0.754. The lowest BCUT2D eigenvalue weighted by molar-refractivity contribution is -0.0500. The van der Waals surface area contributed by atoms with Crippen molar-refractivity contribution >= 4 is 15.9 Å². The number of hydrogen-bond donors (Lipinski definition) is 0. The Morgan fingerprint density at radius 3 is 2.72 bits per heavy atom. The van der Waals surface area contributed by atoms with Crippen molar-refractivity contribution in [2.45, 2.75) is 30.9 Å². The van der Waals surface area contributed by atoms with Gasteiger partial charge in [-0.2, -0.15) is 13.1 Å². The normalized spacial score (nSPS) is 22.0. The van der Waals surface area contributed by atoms with Gasteiger partial charge in [-0.15, -0.1) is 0 Å². The average molecular weight is 423 g/mol. The summed E-state index contributed by atoms with van der Waals surface area (Å²) in [5.74, 6) is -0.383. The van der Waals surface area contributed by atoms with E-state index in [9.17, 15) is 22.0 Å². The van der Waals surface area contributed by atoms with E-state index in [1.54, 1.807) is 24.1 Å². The summed E-state index contributed by atoms with van der Waals surface area (Å²) in [6, 6.07) is 6.79. The fourth-order valence-corrected chi connectivity index (χ4v) is 5.66. The first kappa shape index (κ1) is 19.7. The van der Waals surface area contributed by atoms with Crippen LogP contribution in [0.2, 0.25) is 0 Å². The maximum atomic E-state index is 13.2. The summed E-state index contributed by atoms with van der Waals surface area (Å²) in [4.78, 5) is 18.6. The molecule has 1 fully saturated rings. The zero-order valence-corrected chi connectivity index (χ0v) is 16.6. The molecule has 0 radical (unpaired) electrons. The molecule has 10 heteroatoms. The minimum absolute atomic E-state index is 0.0530. The summed E-state index contributed by atoms with van der Waals surface area (Å²) in [6.07, 6.45) is 1.61. The van der Waals surface area contributed by atoms with Gasteiger partial charge in [-0.25, -0.2) is 8.42 Å². The van der Waals surface area contributed by atoms with Crippen LogP contribution in [-0.2, 0) is 15.6 Å². The molecule has 1 atom stereocenters. The first-order chi connectivity index (χ1) is 13.6. The van der Waals surface area contributed by atoms with Crippen LogP contribution in [0.25, 0.3) is 0 Å². The monoisotopic (exact) mass is 423 g/mol. The van der Waals surface area contributed by atoms with Gasteiger partial charge in [0.15, 0.2) is 0 Å². The number of carbonyl (C=O) groups is 1. The Bertz CT molecular complexity index is 1090. The van der Waals surface area contributed by atoms with Crippen molar-refractivity contribution in [1.29, 1.82) is 0 Å². The Labute approximate surface area is 167 Å². The molecule has 0 bridgehead atoms. The zero-order valence-electron chi connectivity index (χ0n) is 15.8. The number of alkyl halides is 2. The van der Waals surface area contributed by atoms with E-state index >= 15 is 0 Å². The number of aryl methyl sites for hydroxylation is 1. The molecule has 154 valence electrons. The Morgan fingerprint density at radius 1 is 1.24 bits per heavy atom. The van der Waals surface area contributed by atoms with E-state index in [4.69, 9.17) is 0 Å². The number of hydrogen-bond acceptors (Lipinski definition) is 5. The predicted molar refractivity (Wildman–Crippen MR) is 99.2 cm³/mol. The van der Waals surface area contributed by atoms with Gasteiger partial charge in [-0.05, 0) is 37.6 Å². The van der Waals surface area contributed by atoms with Gasteiger partial charge in [-0.1, -0.05) is 6.07 Å². The van der Waals surface area contributed by atoms with E-state index in [0.29, 0.717) is 11.3 Å². The van der Waals surface area contributed by atoms with Crippen LogP contribution in [0.1, 0.15) is 28.5 Å². The van der Waals surface area contributed by atoms with Crippen LogP contribution in [0, 0.1) is 6.92 Å². The van der Waals surface area contributed by atoms with Crippen molar-refractivity contribution in [2.24, 2.45) is 0 Å². The van der Waals surface area contributed by atoms with Gasteiger partial charge >= 0.3 is 6.61 Å². The van der Waals surface area contributed by atoms with E-state index in [0.717, 1.165) is 11.6 Å². The van der Waals surface area contributed by atoms with Gasteiger partial charge in [0, 0.05) is 31.9 Å². The third kappa shape index (κ3) is 3.06. The highest BCUT2D eigenvalue weighted by atomic mass is 32.2. The highest BCUT2D eigenvalue weighted by Crippen LogP contribution is 2.43. The van der Waals surface area contributed by atoms with E-state index in [2.05, 4.69) is 9.72 Å². The maximum absolute atomic E-state index is 13.2. The maximum Gasteiger partial charge on any atom is 0.387 e. The SMILES string of the molecule is Cc1nccc2c1C(=O)N1CCN(S(=O)(=O)c3cccc(OC(F)F)c3)CC21C. The fraction of sp³-hybridized carbons (Fsp3) is 0.368. The number of nitrogens with zero attached hydrogens (tertiary/aromatic N) is 3. The van der Waals surface area contributed by atoms with E-state index < -0.39 is 22.2 Å². The number of aromatic nitrogens is 1. The van der Waals surface area contributed by atoms with Gasteiger partial charge in [0.25, 0.3) is 5.91 Å². The summed E-state index contributed by atoms with van der Waals surface area (Å²) >= 11 is 0. The van der Waals surface area contributed by atoms with Crippen molar-refractivity contribution in [2.75, 3.05) is 19.6 Å². The molecule has 0 aliphatic carbocycles. The minimum atomic E-state index is -3.97. The standard InChI is InChI=1S/C19H19F2N3O4S/c1-12-16-15(6-7-22-12)19(2)11-23(8-9-24(19)17(16)25)29(26,27)14-5-3-4-13(10-14)28-18(20)21/h3-7,10,18H,8-9,11H2,1-2H3. The van der Waals surface area contributed by atoms with Crippen LogP contribution in [0.4, 0.5) is 8.78 Å². The topological polar surface area (TPSA) is 79.8 Å². The molecule has 2 aliphatic rings. The predicted octanol–water partition coefficient (Wildman–Crippen LogP) is 2.37. The second kappa shape index (κ2) is 6.74. The molecule has 0 N–H and O–H groups in total. The highest BCUT2D eigenvalue weighted by molar-refractivity contribution is 7.89. The number of ether oxygens (including phenoxy) is 1. The number of amides is 1. The lowest BCUT2D eigenvalue weighted by Gasteiger charge is -2.44. The molecule has 1 amide bonds.